The van der Waals surface area contributed by atoms with E-state index in [1.165, 1.54) is 0 Å². The molecular weight excluding hydrogens is 96.9 g/mol. The van der Waals surface area contributed by atoms with E-state index in [4.69, 9.17) is 7.85 Å². The predicted molar refractivity (Wildman–Crippen MR) is 36.2 cm³/mol. The van der Waals surface area contributed by atoms with Crippen LogP contribution in [0.4, 0.5) is 0 Å². The van der Waals surface area contributed by atoms with Crippen LogP contribution < -0.4 is 5.32 Å². The Labute approximate surface area is 52.3 Å². The number of rotatable bonds is 0. The van der Waals surface area contributed by atoms with E-state index >= 15 is 0 Å². The Morgan fingerprint density at radius 3 is 2.12 bits per heavy atom. The molecule has 0 aromatic carbocycles. The Balaban J connectivity index is 2.33. The van der Waals surface area contributed by atoms with Gasteiger partial charge in [-0.1, -0.05) is 12.2 Å². The first kappa shape index (κ1) is 6.15. The Bertz CT molecular complexity index is 72.6. The van der Waals surface area contributed by atoms with Crippen molar-refractivity contribution in [1.82, 2.24) is 5.32 Å². The summed E-state index contributed by atoms with van der Waals surface area (Å²) in [5.74, 6) is 0. The molecule has 1 aliphatic heterocycles. The predicted octanol–water partition coefficient (Wildman–Crippen LogP) is 0.717. The monoisotopic (exact) mass is 109 g/mol. The third kappa shape index (κ3) is 1.51. The molecule has 44 valence electrons. The second-order valence-electron chi connectivity index (χ2n) is 2.90. The maximum atomic E-state index is 5.84. The molecule has 1 aliphatic rings. The topological polar surface area (TPSA) is 12.0 Å². The van der Waals surface area contributed by atoms with Gasteiger partial charge in [0.25, 0.3) is 0 Å². The second-order valence-corrected chi connectivity index (χ2v) is 2.90. The molecule has 2 radical (unpaired) electrons. The molecule has 0 spiro atoms. The third-order valence-corrected chi connectivity index (χ3v) is 1.75. The van der Waals surface area contributed by atoms with Gasteiger partial charge in [-0.25, -0.2) is 0 Å². The van der Waals surface area contributed by atoms with E-state index < -0.39 is 0 Å². The highest BCUT2D eigenvalue weighted by atomic mass is 14.9. The molecule has 0 aromatic heterocycles. The van der Waals surface area contributed by atoms with Crippen LogP contribution in [-0.2, 0) is 0 Å². The zero-order valence-electron chi connectivity index (χ0n) is 5.41. The van der Waals surface area contributed by atoms with Crippen molar-refractivity contribution in [2.24, 2.45) is 0 Å². The van der Waals surface area contributed by atoms with Crippen molar-refractivity contribution < 1.29 is 0 Å². The fraction of sp³-hybridized carbons (Fsp3) is 1.00. The molecule has 0 aromatic rings. The SMILES string of the molecule is [B]C1(C)CCNCC1. The molecule has 8 heavy (non-hydrogen) atoms. The summed E-state index contributed by atoms with van der Waals surface area (Å²) in [7, 11) is 5.84. The molecule has 1 nitrogen and oxygen atoms in total. The van der Waals surface area contributed by atoms with Crippen LogP contribution in [0.25, 0.3) is 0 Å². The van der Waals surface area contributed by atoms with Gasteiger partial charge < -0.3 is 5.32 Å². The minimum atomic E-state index is 0.116. The minimum absolute atomic E-state index is 0.116. The summed E-state index contributed by atoms with van der Waals surface area (Å²) in [5, 5.41) is 3.38. The van der Waals surface area contributed by atoms with Crippen molar-refractivity contribution in [3.63, 3.8) is 0 Å². The molecule has 1 fully saturated rings. The molecule has 0 aliphatic carbocycles. The van der Waals surface area contributed by atoms with E-state index in [2.05, 4.69) is 12.2 Å². The lowest BCUT2D eigenvalue weighted by Gasteiger charge is -2.29. The van der Waals surface area contributed by atoms with Gasteiger partial charge in [-0.2, -0.15) is 0 Å². The molecular formula is C6H12BN. The molecule has 1 N–H and O–H groups in total. The number of piperidine rings is 1. The van der Waals surface area contributed by atoms with Gasteiger partial charge >= 0.3 is 0 Å². The van der Waals surface area contributed by atoms with Crippen LogP contribution in [-0.4, -0.2) is 20.9 Å². The quantitative estimate of drug-likeness (QED) is 0.452. The van der Waals surface area contributed by atoms with Gasteiger partial charge in [-0.15, -0.1) is 0 Å². The Morgan fingerprint density at radius 1 is 1.38 bits per heavy atom. The highest BCUT2D eigenvalue weighted by molar-refractivity contribution is 6.14. The fourth-order valence-corrected chi connectivity index (χ4v) is 0.998. The van der Waals surface area contributed by atoms with Crippen LogP contribution in [0.5, 0.6) is 0 Å². The van der Waals surface area contributed by atoms with Crippen LogP contribution in [0.2, 0.25) is 5.31 Å². The van der Waals surface area contributed by atoms with Gasteiger partial charge in [0.05, 0.1) is 7.85 Å². The van der Waals surface area contributed by atoms with Crippen molar-refractivity contribution >= 4 is 7.85 Å². The van der Waals surface area contributed by atoms with Gasteiger partial charge in [0.2, 0.25) is 0 Å². The first-order valence-electron chi connectivity index (χ1n) is 3.20. The summed E-state index contributed by atoms with van der Waals surface area (Å²) in [5.41, 5.74) is 0. The number of hydrogen-bond donors (Lipinski definition) is 1. The lowest BCUT2D eigenvalue weighted by molar-refractivity contribution is 0.421. The maximum absolute atomic E-state index is 5.84. The summed E-state index contributed by atoms with van der Waals surface area (Å²) in [6.45, 7) is 4.30. The van der Waals surface area contributed by atoms with E-state index in [1.807, 2.05) is 0 Å². The standard InChI is InChI=1S/C6H12BN/c1-6(7)2-4-8-5-3-6/h8H,2-5H2,1H3. The van der Waals surface area contributed by atoms with Crippen molar-refractivity contribution in [3.05, 3.63) is 0 Å². The average molecular weight is 109 g/mol. The summed E-state index contributed by atoms with van der Waals surface area (Å²) in [4.78, 5) is 0. The van der Waals surface area contributed by atoms with Crippen LogP contribution in [0.1, 0.15) is 19.8 Å². The van der Waals surface area contributed by atoms with Crippen molar-refractivity contribution in [1.29, 1.82) is 0 Å². The van der Waals surface area contributed by atoms with E-state index in [0.717, 1.165) is 25.9 Å². The lowest BCUT2D eigenvalue weighted by Crippen LogP contribution is -2.30. The smallest absolute Gasteiger partial charge is 0.0743 e. The Morgan fingerprint density at radius 2 is 1.88 bits per heavy atom. The summed E-state index contributed by atoms with van der Waals surface area (Å²) < 4.78 is 0. The lowest BCUT2D eigenvalue weighted by atomic mass is 9.65. The normalized spacial score (nSPS) is 27.6. The third-order valence-electron chi connectivity index (χ3n) is 1.75. The van der Waals surface area contributed by atoms with Gasteiger partial charge in [-0.05, 0) is 25.9 Å². The van der Waals surface area contributed by atoms with Crippen LogP contribution in [0.3, 0.4) is 0 Å². The van der Waals surface area contributed by atoms with Crippen molar-refractivity contribution in [2.45, 2.75) is 25.1 Å². The maximum Gasteiger partial charge on any atom is 0.0743 e. The van der Waals surface area contributed by atoms with Gasteiger partial charge in [0, 0.05) is 0 Å². The fourth-order valence-electron chi connectivity index (χ4n) is 0.998. The molecule has 0 saturated carbocycles. The van der Waals surface area contributed by atoms with Crippen molar-refractivity contribution in [2.75, 3.05) is 13.1 Å². The molecule has 0 atom stereocenters. The molecule has 1 heterocycles. The Hall–Kier alpha value is 0.0249. The van der Waals surface area contributed by atoms with E-state index in [0.29, 0.717) is 0 Å². The summed E-state index contributed by atoms with van der Waals surface area (Å²) >= 11 is 0. The first-order chi connectivity index (χ1) is 3.71. The number of nitrogens with one attached hydrogen (secondary N) is 1. The minimum Gasteiger partial charge on any atom is -0.317 e. The number of hydrogen-bond acceptors (Lipinski definition) is 1. The highest BCUT2D eigenvalue weighted by Gasteiger charge is 2.19. The largest absolute Gasteiger partial charge is 0.317 e. The average Bonchev–Trinajstić information content (AvgIpc) is 1.65. The summed E-state index contributed by atoms with van der Waals surface area (Å²) in [6, 6.07) is 0. The molecule has 1 saturated heterocycles. The van der Waals surface area contributed by atoms with Crippen LogP contribution in [0.15, 0.2) is 0 Å². The molecule has 0 amide bonds. The van der Waals surface area contributed by atoms with Crippen LogP contribution in [0, 0.1) is 0 Å². The van der Waals surface area contributed by atoms with E-state index in [-0.39, 0.29) is 5.31 Å². The van der Waals surface area contributed by atoms with E-state index in [9.17, 15) is 0 Å². The zero-order valence-corrected chi connectivity index (χ0v) is 5.41. The van der Waals surface area contributed by atoms with Crippen LogP contribution >= 0.6 is 0 Å². The molecule has 0 unspecified atom stereocenters. The van der Waals surface area contributed by atoms with Crippen molar-refractivity contribution in [3.8, 4) is 0 Å². The van der Waals surface area contributed by atoms with Gasteiger partial charge in [0.15, 0.2) is 0 Å². The highest BCUT2D eigenvalue weighted by Crippen LogP contribution is 2.30. The first-order valence-corrected chi connectivity index (χ1v) is 3.20. The van der Waals surface area contributed by atoms with E-state index in [1.54, 1.807) is 0 Å². The second kappa shape index (κ2) is 2.10. The summed E-state index contributed by atoms with van der Waals surface area (Å²) in [6.07, 6.45) is 2.24. The van der Waals surface area contributed by atoms with Gasteiger partial charge in [0.1, 0.15) is 0 Å². The molecule has 0 bridgehead atoms. The Kier molecular flexibility index (Phi) is 1.61. The van der Waals surface area contributed by atoms with Gasteiger partial charge in [-0.3, -0.25) is 0 Å². The zero-order chi connectivity index (χ0) is 6.04. The molecule has 1 rings (SSSR count). The molecule has 2 heteroatoms.